The van der Waals surface area contributed by atoms with E-state index >= 15 is 0 Å². The second kappa shape index (κ2) is 9.23. The van der Waals surface area contributed by atoms with E-state index in [0.717, 1.165) is 16.8 Å². The minimum absolute atomic E-state index is 0.0270. The number of aliphatic hydroxyl groups excluding tert-OH is 1. The SMILES string of the molecule is COc1ccc(NC(=S)N(CCCO)Cc2cc3cc4c(cc3[nH]c2=O)OCO4)cc1. The van der Waals surface area contributed by atoms with Gasteiger partial charge in [0.05, 0.1) is 19.2 Å². The zero-order valence-electron chi connectivity index (χ0n) is 17.0. The van der Waals surface area contributed by atoms with Crippen LogP contribution in [0.1, 0.15) is 12.0 Å². The van der Waals surface area contributed by atoms with E-state index in [1.807, 2.05) is 41.3 Å². The van der Waals surface area contributed by atoms with Gasteiger partial charge in [0.2, 0.25) is 6.79 Å². The third kappa shape index (κ3) is 4.73. The van der Waals surface area contributed by atoms with Gasteiger partial charge in [0.15, 0.2) is 16.6 Å². The predicted octanol–water partition coefficient (Wildman–Crippen LogP) is 2.85. The Kier molecular flexibility index (Phi) is 6.24. The number of hydrogen-bond donors (Lipinski definition) is 3. The summed E-state index contributed by atoms with van der Waals surface area (Å²) in [6, 6.07) is 12.8. The van der Waals surface area contributed by atoms with Crippen molar-refractivity contribution in [3.05, 3.63) is 58.4 Å². The maximum atomic E-state index is 12.7. The van der Waals surface area contributed by atoms with Gasteiger partial charge >= 0.3 is 0 Å². The number of hydrogen-bond acceptors (Lipinski definition) is 6. The van der Waals surface area contributed by atoms with Crippen LogP contribution < -0.4 is 25.1 Å². The number of ether oxygens (including phenoxy) is 3. The van der Waals surface area contributed by atoms with Crippen LogP contribution in [0.2, 0.25) is 0 Å². The number of pyridine rings is 1. The molecular weight excluding hydrogens is 418 g/mol. The van der Waals surface area contributed by atoms with Crippen molar-refractivity contribution < 1.29 is 19.3 Å². The van der Waals surface area contributed by atoms with Crippen molar-refractivity contribution in [1.29, 1.82) is 0 Å². The molecule has 4 rings (SSSR count). The first-order chi connectivity index (χ1) is 15.1. The van der Waals surface area contributed by atoms with E-state index in [9.17, 15) is 9.90 Å². The molecule has 0 radical (unpaired) electrons. The molecule has 0 saturated carbocycles. The predicted molar refractivity (Wildman–Crippen MR) is 122 cm³/mol. The van der Waals surface area contributed by atoms with E-state index in [1.165, 1.54) is 0 Å². The number of benzene rings is 2. The van der Waals surface area contributed by atoms with Gasteiger partial charge in [-0.2, -0.15) is 0 Å². The van der Waals surface area contributed by atoms with E-state index in [2.05, 4.69) is 10.3 Å². The van der Waals surface area contributed by atoms with Crippen LogP contribution in [0.15, 0.2) is 47.3 Å². The van der Waals surface area contributed by atoms with Crippen LogP contribution in [0.3, 0.4) is 0 Å². The zero-order chi connectivity index (χ0) is 21.8. The van der Waals surface area contributed by atoms with Gasteiger partial charge in [-0.25, -0.2) is 0 Å². The molecule has 162 valence electrons. The average Bonchev–Trinajstić information content (AvgIpc) is 3.23. The number of methoxy groups -OCH3 is 1. The molecule has 0 atom stereocenters. The summed E-state index contributed by atoms with van der Waals surface area (Å²) in [6.45, 7) is 0.987. The number of H-pyrrole nitrogens is 1. The molecule has 0 saturated heterocycles. The minimum Gasteiger partial charge on any atom is -0.497 e. The number of nitrogens with zero attached hydrogens (tertiary/aromatic N) is 1. The lowest BCUT2D eigenvalue weighted by molar-refractivity contribution is 0.174. The summed E-state index contributed by atoms with van der Waals surface area (Å²) in [6.07, 6.45) is 0.522. The van der Waals surface area contributed by atoms with Gasteiger partial charge in [0.1, 0.15) is 5.75 Å². The van der Waals surface area contributed by atoms with Gasteiger partial charge < -0.3 is 34.5 Å². The fourth-order valence-corrected chi connectivity index (χ4v) is 3.63. The molecule has 1 aromatic heterocycles. The van der Waals surface area contributed by atoms with Gasteiger partial charge in [0, 0.05) is 35.9 Å². The van der Waals surface area contributed by atoms with Crippen molar-refractivity contribution in [2.45, 2.75) is 13.0 Å². The van der Waals surface area contributed by atoms with Gasteiger partial charge in [0.25, 0.3) is 5.56 Å². The summed E-state index contributed by atoms with van der Waals surface area (Å²) in [5.41, 5.74) is 1.84. The summed E-state index contributed by atoms with van der Waals surface area (Å²) in [5, 5.41) is 13.8. The first-order valence-electron chi connectivity index (χ1n) is 9.84. The molecule has 0 amide bonds. The Labute approximate surface area is 184 Å². The number of thiocarbonyl (C=S) groups is 1. The van der Waals surface area contributed by atoms with E-state index in [0.29, 0.717) is 47.2 Å². The number of aromatic nitrogens is 1. The minimum atomic E-state index is -0.201. The number of anilines is 1. The van der Waals surface area contributed by atoms with Crippen LogP contribution in [0, 0.1) is 0 Å². The van der Waals surface area contributed by atoms with Crippen molar-refractivity contribution in [3.8, 4) is 17.2 Å². The Morgan fingerprint density at radius 2 is 1.97 bits per heavy atom. The molecule has 1 aliphatic rings. The summed E-state index contributed by atoms with van der Waals surface area (Å²) in [5.74, 6) is 2.02. The van der Waals surface area contributed by atoms with Gasteiger partial charge in [-0.1, -0.05) is 0 Å². The summed E-state index contributed by atoms with van der Waals surface area (Å²) >= 11 is 5.59. The van der Waals surface area contributed by atoms with Crippen LogP contribution in [0.4, 0.5) is 5.69 Å². The molecular formula is C22H23N3O5S. The van der Waals surface area contributed by atoms with Crippen LogP contribution in [-0.4, -0.2) is 47.2 Å². The lowest BCUT2D eigenvalue weighted by Gasteiger charge is -2.25. The highest BCUT2D eigenvalue weighted by molar-refractivity contribution is 7.80. The van der Waals surface area contributed by atoms with E-state index in [-0.39, 0.29) is 19.0 Å². The summed E-state index contributed by atoms with van der Waals surface area (Å²) in [4.78, 5) is 17.5. The van der Waals surface area contributed by atoms with Gasteiger partial charge in [-0.05, 0) is 55.0 Å². The first kappa shape index (κ1) is 21.0. The molecule has 0 spiro atoms. The van der Waals surface area contributed by atoms with Crippen molar-refractivity contribution in [3.63, 3.8) is 0 Å². The number of fused-ring (bicyclic) bond motifs is 2. The Balaban J connectivity index is 1.56. The third-order valence-electron chi connectivity index (χ3n) is 4.99. The molecule has 3 aromatic rings. The number of nitrogens with one attached hydrogen (secondary N) is 2. The molecule has 9 heteroatoms. The largest absolute Gasteiger partial charge is 0.497 e. The monoisotopic (exact) mass is 441 g/mol. The smallest absolute Gasteiger partial charge is 0.253 e. The normalized spacial score (nSPS) is 12.1. The zero-order valence-corrected chi connectivity index (χ0v) is 17.8. The highest BCUT2D eigenvalue weighted by Crippen LogP contribution is 2.35. The first-order valence-corrected chi connectivity index (χ1v) is 10.2. The Hall–Kier alpha value is -3.30. The van der Waals surface area contributed by atoms with Crippen LogP contribution in [-0.2, 0) is 6.54 Å². The third-order valence-corrected chi connectivity index (χ3v) is 5.35. The lowest BCUT2D eigenvalue weighted by atomic mass is 10.1. The van der Waals surface area contributed by atoms with E-state index in [4.69, 9.17) is 26.4 Å². The Morgan fingerprint density at radius 1 is 1.23 bits per heavy atom. The molecule has 3 N–H and O–H groups in total. The molecule has 0 aliphatic carbocycles. The van der Waals surface area contributed by atoms with Crippen molar-refractivity contribution >= 4 is 33.9 Å². The lowest BCUT2D eigenvalue weighted by Crippen LogP contribution is -2.37. The van der Waals surface area contributed by atoms with Crippen molar-refractivity contribution in [2.24, 2.45) is 0 Å². The van der Waals surface area contributed by atoms with Crippen molar-refractivity contribution in [2.75, 3.05) is 32.4 Å². The second-order valence-electron chi connectivity index (χ2n) is 7.07. The van der Waals surface area contributed by atoms with Gasteiger partial charge in [-0.15, -0.1) is 0 Å². The van der Waals surface area contributed by atoms with Gasteiger partial charge in [-0.3, -0.25) is 4.79 Å². The Bertz CT molecular complexity index is 1150. The average molecular weight is 442 g/mol. The van der Waals surface area contributed by atoms with Crippen LogP contribution in [0.25, 0.3) is 10.9 Å². The summed E-state index contributed by atoms with van der Waals surface area (Å²) < 4.78 is 16.0. The second-order valence-corrected chi connectivity index (χ2v) is 7.46. The van der Waals surface area contributed by atoms with E-state index < -0.39 is 0 Å². The molecule has 0 fully saturated rings. The number of aromatic amines is 1. The standard InChI is InChI=1S/C22H23N3O5S/c1-28-17-5-3-16(4-6-17)23-22(31)25(7-2-8-26)12-15-9-14-10-19-20(30-13-29-19)11-18(14)24-21(15)27/h3-6,9-11,26H,2,7-8,12-13H2,1H3,(H,23,31)(H,24,27). The number of aliphatic hydroxyl groups is 1. The van der Waals surface area contributed by atoms with Crippen molar-refractivity contribution in [1.82, 2.24) is 9.88 Å². The maximum absolute atomic E-state index is 12.7. The highest BCUT2D eigenvalue weighted by atomic mass is 32.1. The fourth-order valence-electron chi connectivity index (χ4n) is 3.36. The Morgan fingerprint density at radius 3 is 2.68 bits per heavy atom. The van der Waals surface area contributed by atoms with E-state index in [1.54, 1.807) is 13.2 Å². The topological polar surface area (TPSA) is 96.1 Å². The molecule has 2 aromatic carbocycles. The number of rotatable bonds is 7. The molecule has 1 aliphatic heterocycles. The van der Waals surface area contributed by atoms with Crippen LogP contribution >= 0.6 is 12.2 Å². The summed E-state index contributed by atoms with van der Waals surface area (Å²) in [7, 11) is 1.61. The maximum Gasteiger partial charge on any atom is 0.253 e. The van der Waals surface area contributed by atoms with Crippen LogP contribution in [0.5, 0.6) is 17.2 Å². The quantitative estimate of drug-likeness (QED) is 0.482. The molecule has 31 heavy (non-hydrogen) atoms. The highest BCUT2D eigenvalue weighted by Gasteiger charge is 2.17. The molecule has 8 nitrogen and oxygen atoms in total. The molecule has 0 unspecified atom stereocenters. The molecule has 0 bridgehead atoms. The fraction of sp³-hybridized carbons (Fsp3) is 0.273. The molecule has 2 heterocycles.